The molecule has 10 heteroatoms. The van der Waals surface area contributed by atoms with Gasteiger partial charge in [-0.15, -0.1) is 0 Å². The van der Waals surface area contributed by atoms with Crippen molar-refractivity contribution >= 4 is 34.3 Å². The fourth-order valence-electron chi connectivity index (χ4n) is 4.07. The molecule has 4 rings (SSSR count). The predicted molar refractivity (Wildman–Crippen MR) is 132 cm³/mol. The lowest BCUT2D eigenvalue weighted by Crippen LogP contribution is -2.45. The predicted octanol–water partition coefficient (Wildman–Crippen LogP) is 3.44. The first-order valence-corrected chi connectivity index (χ1v) is 11.1. The van der Waals surface area contributed by atoms with Crippen molar-refractivity contribution in [1.82, 2.24) is 24.9 Å². The molecule has 1 amide bonds. The Labute approximate surface area is 202 Å². The Hall–Kier alpha value is -4.21. The number of benzene rings is 1. The van der Waals surface area contributed by atoms with Gasteiger partial charge in [0.15, 0.2) is 5.82 Å². The average Bonchev–Trinajstić information content (AvgIpc) is 3.09. The second kappa shape index (κ2) is 9.21. The molecule has 0 bridgehead atoms. The van der Waals surface area contributed by atoms with Gasteiger partial charge in [0.05, 0.1) is 12.6 Å². The molecule has 1 aromatic carbocycles. The first-order valence-electron chi connectivity index (χ1n) is 11.1. The molecular formula is C25H28N6O4. The van der Waals surface area contributed by atoms with Crippen molar-refractivity contribution in [2.75, 3.05) is 12.8 Å². The first-order chi connectivity index (χ1) is 16.6. The molecule has 1 unspecified atom stereocenters. The molecule has 0 aliphatic carbocycles. The van der Waals surface area contributed by atoms with Gasteiger partial charge < -0.3 is 20.5 Å². The van der Waals surface area contributed by atoms with E-state index in [-0.39, 0.29) is 12.2 Å². The van der Waals surface area contributed by atoms with E-state index in [9.17, 15) is 9.59 Å². The topological polar surface area (TPSA) is 134 Å². The first kappa shape index (κ1) is 23.9. The number of nitrogens with zero attached hydrogens (tertiary/aromatic N) is 4. The Bertz CT molecular complexity index is 1420. The molecular weight excluding hydrogens is 448 g/mol. The highest BCUT2D eigenvalue weighted by molar-refractivity contribution is 5.94. The minimum Gasteiger partial charge on any atom is -0.467 e. The number of fused-ring (bicyclic) bond motifs is 2. The SMILES string of the molecule is COC(=O)C(Cc1c(C)c(-c2cnc3ccccc3c2)c2c(N)ncnn12)NC(=O)OC(C)(C)C. The number of nitrogen functional groups attached to an aromatic ring is 1. The van der Waals surface area contributed by atoms with Crippen molar-refractivity contribution in [1.29, 1.82) is 0 Å². The average molecular weight is 477 g/mol. The zero-order valence-electron chi connectivity index (χ0n) is 20.3. The fourth-order valence-corrected chi connectivity index (χ4v) is 4.07. The lowest BCUT2D eigenvalue weighted by atomic mass is 10.00. The number of carbonyl (C=O) groups is 2. The van der Waals surface area contributed by atoms with Crippen LogP contribution in [0.4, 0.5) is 10.6 Å². The van der Waals surface area contributed by atoms with Crippen LogP contribution >= 0.6 is 0 Å². The van der Waals surface area contributed by atoms with E-state index in [2.05, 4.69) is 20.4 Å². The maximum atomic E-state index is 12.6. The minimum absolute atomic E-state index is 0.0936. The van der Waals surface area contributed by atoms with E-state index in [1.807, 2.05) is 37.3 Å². The Balaban J connectivity index is 1.81. The number of nitrogens with one attached hydrogen (secondary N) is 1. The maximum absolute atomic E-state index is 12.6. The molecule has 0 aliphatic heterocycles. The van der Waals surface area contributed by atoms with Gasteiger partial charge >= 0.3 is 12.1 Å². The van der Waals surface area contributed by atoms with Crippen LogP contribution in [-0.4, -0.2) is 50.4 Å². The number of alkyl carbamates (subject to hydrolysis) is 1. The minimum atomic E-state index is -1.01. The van der Waals surface area contributed by atoms with Crippen LogP contribution in [0.25, 0.3) is 27.5 Å². The summed E-state index contributed by atoms with van der Waals surface area (Å²) < 4.78 is 11.9. The molecule has 0 fully saturated rings. The maximum Gasteiger partial charge on any atom is 0.408 e. The monoisotopic (exact) mass is 476 g/mol. The smallest absolute Gasteiger partial charge is 0.408 e. The van der Waals surface area contributed by atoms with Crippen LogP contribution in [0.5, 0.6) is 0 Å². The van der Waals surface area contributed by atoms with Gasteiger partial charge in [-0.25, -0.2) is 19.1 Å². The second-order valence-corrected chi connectivity index (χ2v) is 9.20. The van der Waals surface area contributed by atoms with E-state index in [0.29, 0.717) is 11.2 Å². The van der Waals surface area contributed by atoms with Gasteiger partial charge in [-0.1, -0.05) is 18.2 Å². The lowest BCUT2D eigenvalue weighted by Gasteiger charge is -2.22. The number of ether oxygens (including phenoxy) is 2. The molecule has 3 aromatic heterocycles. The van der Waals surface area contributed by atoms with E-state index >= 15 is 0 Å². The van der Waals surface area contributed by atoms with E-state index in [1.165, 1.54) is 13.4 Å². The fraction of sp³-hybridized carbons (Fsp3) is 0.320. The third-order valence-electron chi connectivity index (χ3n) is 5.57. The Kier molecular flexibility index (Phi) is 6.29. The van der Waals surface area contributed by atoms with E-state index < -0.39 is 23.7 Å². The number of hydrogen-bond acceptors (Lipinski definition) is 8. The number of pyridine rings is 1. The molecule has 4 aromatic rings. The number of hydrogen-bond donors (Lipinski definition) is 2. The summed E-state index contributed by atoms with van der Waals surface area (Å²) in [6.45, 7) is 7.14. The molecule has 3 heterocycles. The normalized spacial score (nSPS) is 12.5. The molecule has 182 valence electrons. The largest absolute Gasteiger partial charge is 0.467 e. The molecule has 3 N–H and O–H groups in total. The van der Waals surface area contributed by atoms with E-state index in [0.717, 1.165) is 27.6 Å². The molecule has 10 nitrogen and oxygen atoms in total. The van der Waals surface area contributed by atoms with Gasteiger partial charge in [0.1, 0.15) is 23.5 Å². The number of rotatable bonds is 5. The number of carbonyl (C=O) groups excluding carboxylic acids is 2. The standard InChI is InChI=1S/C25H28N6O4/c1-14-19(11-18(23(32)34-5)30-24(33)35-25(2,3)4)31-21(22(26)28-13-29-31)20(14)16-10-15-8-6-7-9-17(15)27-12-16/h6-10,12-13,18H,11H2,1-5H3,(H,30,33)(H2,26,28,29). The van der Waals surface area contributed by atoms with Crippen molar-refractivity contribution in [3.63, 3.8) is 0 Å². The molecule has 1 atom stereocenters. The van der Waals surface area contributed by atoms with E-state index in [1.54, 1.807) is 31.5 Å². The molecule has 0 radical (unpaired) electrons. The number of nitrogens with two attached hydrogens (primary N) is 1. The Morgan fingerprint density at radius 2 is 1.94 bits per heavy atom. The van der Waals surface area contributed by atoms with Crippen LogP contribution in [-0.2, 0) is 20.7 Å². The van der Waals surface area contributed by atoms with Crippen LogP contribution < -0.4 is 11.1 Å². The summed E-state index contributed by atoms with van der Waals surface area (Å²) in [5.41, 5.74) is 10.2. The van der Waals surface area contributed by atoms with Gasteiger partial charge in [-0.3, -0.25) is 4.98 Å². The number of esters is 1. The zero-order valence-corrected chi connectivity index (χ0v) is 20.3. The van der Waals surface area contributed by atoms with Gasteiger partial charge in [-0.05, 0) is 45.4 Å². The summed E-state index contributed by atoms with van der Waals surface area (Å²) in [5, 5.41) is 7.99. The quantitative estimate of drug-likeness (QED) is 0.419. The van der Waals surface area contributed by atoms with Crippen LogP contribution in [0.3, 0.4) is 0 Å². The van der Waals surface area contributed by atoms with Crippen molar-refractivity contribution < 1.29 is 19.1 Å². The summed E-state index contributed by atoms with van der Waals surface area (Å²) in [5.74, 6) is -0.326. The van der Waals surface area contributed by atoms with Gasteiger partial charge in [0.2, 0.25) is 0 Å². The van der Waals surface area contributed by atoms with Crippen LogP contribution in [0.1, 0.15) is 32.0 Å². The Morgan fingerprint density at radius 1 is 1.20 bits per heavy atom. The number of methoxy groups -OCH3 is 1. The summed E-state index contributed by atoms with van der Waals surface area (Å²) in [4.78, 5) is 33.8. The highest BCUT2D eigenvalue weighted by Crippen LogP contribution is 2.36. The van der Waals surface area contributed by atoms with Crippen LogP contribution in [0.15, 0.2) is 42.9 Å². The number of para-hydroxylation sites is 1. The third kappa shape index (κ3) is 4.86. The number of anilines is 1. The third-order valence-corrected chi connectivity index (χ3v) is 5.57. The summed E-state index contributed by atoms with van der Waals surface area (Å²) in [7, 11) is 1.27. The molecule has 35 heavy (non-hydrogen) atoms. The van der Waals surface area contributed by atoms with Gasteiger partial charge in [-0.2, -0.15) is 5.10 Å². The highest BCUT2D eigenvalue weighted by Gasteiger charge is 2.29. The lowest BCUT2D eigenvalue weighted by molar-refractivity contribution is -0.143. The molecule has 0 saturated carbocycles. The molecule has 0 aliphatic rings. The van der Waals surface area contributed by atoms with Crippen LogP contribution in [0.2, 0.25) is 0 Å². The summed E-state index contributed by atoms with van der Waals surface area (Å²) >= 11 is 0. The summed E-state index contributed by atoms with van der Waals surface area (Å²) in [6, 6.07) is 8.82. The second-order valence-electron chi connectivity index (χ2n) is 9.20. The Morgan fingerprint density at radius 3 is 2.66 bits per heavy atom. The van der Waals surface area contributed by atoms with Crippen molar-refractivity contribution in [3.05, 3.63) is 54.1 Å². The molecule has 0 spiro atoms. The van der Waals surface area contributed by atoms with E-state index in [4.69, 9.17) is 15.2 Å². The number of aromatic nitrogens is 4. The van der Waals surface area contributed by atoms with Gasteiger partial charge in [0, 0.05) is 34.8 Å². The highest BCUT2D eigenvalue weighted by atomic mass is 16.6. The van der Waals surface area contributed by atoms with Crippen molar-refractivity contribution in [2.45, 2.75) is 45.8 Å². The van der Waals surface area contributed by atoms with Crippen molar-refractivity contribution in [2.24, 2.45) is 0 Å². The van der Waals surface area contributed by atoms with Crippen molar-refractivity contribution in [3.8, 4) is 11.1 Å². The molecule has 0 saturated heterocycles. The zero-order chi connectivity index (χ0) is 25.3. The number of amides is 1. The van der Waals surface area contributed by atoms with Crippen LogP contribution in [0, 0.1) is 6.92 Å². The van der Waals surface area contributed by atoms with Gasteiger partial charge in [0.25, 0.3) is 0 Å². The summed E-state index contributed by atoms with van der Waals surface area (Å²) in [6.07, 6.45) is 2.50.